The number of rotatable bonds is 28. The van der Waals surface area contributed by atoms with Gasteiger partial charge in [0.25, 0.3) is 0 Å². The molecule has 696 valence electrons. The lowest BCUT2D eigenvalue weighted by atomic mass is 9.80. The minimum atomic E-state index is -1.40. The van der Waals surface area contributed by atoms with E-state index in [2.05, 4.69) is 50.2 Å². The van der Waals surface area contributed by atoms with Gasteiger partial charge in [-0.25, -0.2) is 0 Å². The fourth-order valence-electron chi connectivity index (χ4n) is 12.0. The molecule has 0 aliphatic heterocycles. The number of carbonyl (C=O) groups is 6. The summed E-state index contributed by atoms with van der Waals surface area (Å²) in [5, 5.41) is 106. The van der Waals surface area contributed by atoms with Gasteiger partial charge in [-0.3, -0.25) is 38.7 Å². The van der Waals surface area contributed by atoms with Crippen molar-refractivity contribution in [1.82, 2.24) is 9.97 Å². The Labute approximate surface area is 801 Å². The molecular weight excluding hydrogens is 1790 g/mol. The van der Waals surface area contributed by atoms with Gasteiger partial charge in [-0.05, 0) is 270 Å². The predicted octanol–water partition coefficient (Wildman–Crippen LogP) is 23.2. The Hall–Kier alpha value is -16.6. The zero-order chi connectivity index (χ0) is 95.9. The van der Waals surface area contributed by atoms with Gasteiger partial charge in [0.1, 0.15) is 40.2 Å². The maximum Gasteiger partial charge on any atom is 0.488 e. The molecule has 136 heavy (non-hydrogen) atoms. The summed E-state index contributed by atoms with van der Waals surface area (Å²) in [6.45, 7) is 0. The normalized spacial score (nSPS) is 9.62. The zero-order valence-electron chi connectivity index (χ0n) is 72.8. The first-order valence-electron chi connectivity index (χ1n) is 41.8. The molecule has 2 heterocycles. The summed E-state index contributed by atoms with van der Waals surface area (Å²) in [7, 11) is 1.81. The van der Waals surface area contributed by atoms with E-state index < -0.39 is 25.0 Å². The number of nitrogens with zero attached hydrogens (tertiary/aromatic N) is 7. The number of halogens is 1. The highest BCUT2D eigenvalue weighted by molar-refractivity contribution is 9.10. The minimum Gasteiger partial charge on any atom is -0.508 e. The second-order valence-corrected chi connectivity index (χ2v) is 29.8. The molecule has 0 spiro atoms. The molecule has 0 fully saturated rings. The van der Waals surface area contributed by atoms with Crippen LogP contribution in [0.3, 0.4) is 0 Å². The van der Waals surface area contributed by atoms with Crippen LogP contribution in [0.15, 0.2) is 320 Å². The van der Waals surface area contributed by atoms with Gasteiger partial charge in [-0.2, -0.15) is 26.3 Å². The number of pyridine rings is 2. The van der Waals surface area contributed by atoms with E-state index in [9.17, 15) is 28.8 Å². The SMILES string of the molecule is C.C.C.COc1ccc(-c2ccc(C#N)cc2)cc1.COc1ccc(B(O)O)cc1.N#Cc1ccc(-c2ccc(O)cc2)cc1.N#Cc1ccc(-c2ccc(OC(=O)CCCCCC(=O)O)cc2)cc1.N#Cc1ccc(-c2ccc(OC(=O)CCCCCC(=O)Oc3ccc4ncccc4c3)cc2)cc1.N#Cc1ccc(Br)cc1.O=C(O)CCCCCC(=O)O.Oc1ccc2ncccc2c1. The fourth-order valence-corrected chi connectivity index (χ4v) is 12.3. The summed E-state index contributed by atoms with van der Waals surface area (Å²) in [4.78, 5) is 74.7. The van der Waals surface area contributed by atoms with Crippen LogP contribution in [0.1, 0.15) is 146 Å². The van der Waals surface area contributed by atoms with Gasteiger partial charge < -0.3 is 59.3 Å². The Balaban J connectivity index is 0.000000339. The number of esters is 3. The first-order valence-corrected chi connectivity index (χ1v) is 42.6. The van der Waals surface area contributed by atoms with Gasteiger partial charge in [0.15, 0.2) is 0 Å². The number of aromatic nitrogens is 2. The molecule has 0 radical (unpaired) electrons. The fraction of sp³-hybridized carbons (Fsp3) is 0.183. The Morgan fingerprint density at radius 2 is 0.559 bits per heavy atom. The topological polar surface area (TPSA) is 435 Å². The maximum absolute atomic E-state index is 12.1. The van der Waals surface area contributed by atoms with Crippen molar-refractivity contribution in [3.05, 3.63) is 348 Å². The summed E-state index contributed by atoms with van der Waals surface area (Å²) in [5.74, 6) is 0.192. The Bertz CT molecular complexity index is 6230. The molecule has 7 N–H and O–H groups in total. The van der Waals surface area contributed by atoms with E-state index in [0.29, 0.717) is 108 Å². The number of carboxylic acid groups (broad SMARTS) is 3. The van der Waals surface area contributed by atoms with Gasteiger partial charge in [0, 0.05) is 66.2 Å². The molecule has 25 nitrogen and oxygen atoms in total. The third-order valence-corrected chi connectivity index (χ3v) is 19.6. The van der Waals surface area contributed by atoms with Gasteiger partial charge in [0.2, 0.25) is 0 Å². The van der Waals surface area contributed by atoms with E-state index in [0.717, 1.165) is 83.0 Å². The standard InChI is InChI=1S/C29H24N2O4.C20H19NO4.C14H11NO.C13H9NO.C9H7NO.C7H9BO3.C7H4BrN.C7H12O4.3CH4/c30-20-21-8-10-22(11-9-21)23-12-14-25(15-13-23)34-28(32)6-2-1-3-7-29(33)35-26-16-17-27-24(19-26)5-4-18-31-27;21-14-15-6-8-16(9-7-15)17-10-12-18(13-11-17)25-20(24)5-3-1-2-4-19(22)23;1-16-14-8-6-13(7-9-14)12-4-2-11(10-15)3-5-12;14-9-10-1-3-11(4-2-10)12-5-7-13(15)8-6-12;11-8-3-4-9-7(6-8)2-1-5-10-9;1-11-7-4-2-6(3-5-7)8(9)10;8-7-3-1-6(5-9)2-4-7;8-6(9)4-2-1-3-5-7(10)11;;;/h4-5,8-19H,1-3,6-7H2;6-13H,1-5H2,(H,22,23);2-9H,1H3;1-8,15H;1-6,11H;2-5,9-10H,1H3;1-4H;1-5H2,(H,8,9)(H,10,11);3*1H4. The summed E-state index contributed by atoms with van der Waals surface area (Å²) in [5.41, 5.74) is 13.6. The lowest BCUT2D eigenvalue weighted by Gasteiger charge is -2.07. The summed E-state index contributed by atoms with van der Waals surface area (Å²) < 4.78 is 27.1. The second kappa shape index (κ2) is 62.6. The Kier molecular flexibility index (Phi) is 51.5. The van der Waals surface area contributed by atoms with E-state index in [-0.39, 0.29) is 90.2 Å². The highest BCUT2D eigenvalue weighted by Gasteiger charge is 2.13. The number of hydrogen-bond donors (Lipinski definition) is 7. The van der Waals surface area contributed by atoms with Crippen molar-refractivity contribution in [2.45, 2.75) is 119 Å². The van der Waals surface area contributed by atoms with Crippen LogP contribution in [0.4, 0.5) is 0 Å². The number of carbonyl (C=O) groups excluding carboxylic acids is 3. The van der Waals surface area contributed by atoms with Crippen LogP contribution in [0, 0.1) is 56.7 Å². The Morgan fingerprint density at radius 1 is 0.309 bits per heavy atom. The second-order valence-electron chi connectivity index (χ2n) is 28.9. The van der Waals surface area contributed by atoms with Crippen molar-refractivity contribution in [1.29, 1.82) is 26.3 Å². The summed E-state index contributed by atoms with van der Waals surface area (Å²) in [6, 6.07) is 101. The van der Waals surface area contributed by atoms with Gasteiger partial charge in [-0.15, -0.1) is 0 Å². The van der Waals surface area contributed by atoms with Crippen molar-refractivity contribution >= 4 is 86.1 Å². The minimum absolute atomic E-state index is 0. The first-order chi connectivity index (χ1) is 64.4. The summed E-state index contributed by atoms with van der Waals surface area (Å²) in [6.07, 6.45) is 10.4. The number of carboxylic acids is 3. The molecule has 2 aromatic heterocycles. The van der Waals surface area contributed by atoms with Crippen molar-refractivity contribution < 1.29 is 88.0 Å². The van der Waals surface area contributed by atoms with E-state index in [1.807, 2.05) is 170 Å². The summed E-state index contributed by atoms with van der Waals surface area (Å²) >= 11 is 3.27. The molecule has 0 aliphatic carbocycles. The number of fused-ring (bicyclic) bond motifs is 2. The third kappa shape index (κ3) is 42.5. The molecule has 0 aliphatic rings. The number of unbranched alkanes of at least 4 members (excludes halogenated alkanes) is 6. The van der Waals surface area contributed by atoms with Crippen LogP contribution in [0.25, 0.3) is 66.3 Å². The average Bonchev–Trinajstić information content (AvgIpc) is 0.865. The molecule has 14 rings (SSSR count). The number of nitriles is 5. The van der Waals surface area contributed by atoms with Crippen LogP contribution >= 0.6 is 15.9 Å². The van der Waals surface area contributed by atoms with Crippen LogP contribution in [-0.4, -0.2) is 103 Å². The van der Waals surface area contributed by atoms with E-state index in [4.69, 9.17) is 85.6 Å². The van der Waals surface area contributed by atoms with E-state index in [1.165, 1.54) is 0 Å². The molecule has 14 aromatic rings. The molecule has 27 heteroatoms. The molecule has 0 saturated carbocycles. The molecule has 0 bridgehead atoms. The molecule has 0 amide bonds. The van der Waals surface area contributed by atoms with E-state index in [1.54, 1.807) is 166 Å². The van der Waals surface area contributed by atoms with Gasteiger partial charge in [-0.1, -0.05) is 179 Å². The number of phenolic OH excluding ortho intramolecular Hbond substituents is 2. The van der Waals surface area contributed by atoms with Crippen LogP contribution in [0.2, 0.25) is 0 Å². The monoisotopic (exact) mass is 1890 g/mol. The first kappa shape index (κ1) is 112. The smallest absolute Gasteiger partial charge is 0.488 e. The number of methoxy groups -OCH3 is 2. The third-order valence-electron chi connectivity index (χ3n) is 19.1. The van der Waals surface area contributed by atoms with Crippen LogP contribution in [-0.2, 0) is 28.8 Å². The molecule has 0 atom stereocenters. The predicted molar refractivity (Wildman–Crippen MR) is 531 cm³/mol. The Morgan fingerprint density at radius 3 is 0.860 bits per heavy atom. The number of benzene rings is 12. The maximum atomic E-state index is 12.1. The number of ether oxygens (including phenoxy) is 5. The zero-order valence-corrected chi connectivity index (χ0v) is 74.4. The van der Waals surface area contributed by atoms with Crippen molar-refractivity contribution in [2.24, 2.45) is 0 Å². The van der Waals surface area contributed by atoms with Gasteiger partial charge in [0.05, 0.1) is 83.4 Å². The van der Waals surface area contributed by atoms with E-state index >= 15 is 0 Å². The number of aromatic hydroxyl groups is 2. The van der Waals surface area contributed by atoms with Crippen LogP contribution in [0.5, 0.6) is 40.2 Å². The number of hydrogen-bond acceptors (Lipinski definition) is 22. The quantitative estimate of drug-likeness (QED) is 0.0104. The van der Waals surface area contributed by atoms with Crippen molar-refractivity contribution in [3.63, 3.8) is 0 Å². The van der Waals surface area contributed by atoms with Crippen LogP contribution < -0.4 is 29.1 Å². The lowest BCUT2D eigenvalue weighted by Crippen LogP contribution is -2.29. The highest BCUT2D eigenvalue weighted by atomic mass is 79.9. The molecule has 12 aromatic carbocycles. The number of phenols is 2. The van der Waals surface area contributed by atoms with Crippen molar-refractivity contribution in [3.8, 4) is 115 Å². The molecule has 0 unspecified atom stereocenters. The molecule has 0 saturated heterocycles. The highest BCUT2D eigenvalue weighted by Crippen LogP contribution is 2.29. The molecular formula is C109H107BBrN7O18. The van der Waals surface area contributed by atoms with Gasteiger partial charge >= 0.3 is 42.9 Å². The number of aliphatic carboxylic acids is 3. The lowest BCUT2D eigenvalue weighted by molar-refractivity contribution is -0.138. The van der Waals surface area contributed by atoms with Crippen molar-refractivity contribution in [2.75, 3.05) is 14.2 Å². The largest absolute Gasteiger partial charge is 0.508 e. The average molecular weight is 1890 g/mol.